The number of aromatic nitrogens is 2. The first kappa shape index (κ1) is 24.0. The van der Waals surface area contributed by atoms with E-state index in [0.29, 0.717) is 41.4 Å². The minimum Gasteiger partial charge on any atom is -0.465 e. The van der Waals surface area contributed by atoms with Crippen LogP contribution in [0.2, 0.25) is 5.02 Å². The molecular weight excluding hydrogens is 472 g/mol. The second-order valence-corrected chi connectivity index (χ2v) is 8.50. The van der Waals surface area contributed by atoms with E-state index in [4.69, 9.17) is 22.4 Å². The molecule has 4 rings (SSSR count). The molecule has 1 aromatic heterocycles. The van der Waals surface area contributed by atoms with Crippen molar-refractivity contribution < 1.29 is 19.5 Å². The predicted molar refractivity (Wildman–Crippen MR) is 130 cm³/mol. The fraction of sp³-hybridized carbons (Fsp3) is 0.208. The van der Waals surface area contributed by atoms with Crippen LogP contribution in [0, 0.1) is 0 Å². The summed E-state index contributed by atoms with van der Waals surface area (Å²) in [4.78, 5) is 46.2. The van der Waals surface area contributed by atoms with E-state index in [9.17, 15) is 14.4 Å². The number of nitrogens with two attached hydrogens (primary N) is 1. The van der Waals surface area contributed by atoms with Gasteiger partial charge in [0.2, 0.25) is 0 Å². The molecule has 1 aliphatic heterocycles. The van der Waals surface area contributed by atoms with Crippen molar-refractivity contribution >= 4 is 35.3 Å². The highest BCUT2D eigenvalue weighted by Gasteiger charge is 2.28. The Morgan fingerprint density at radius 2 is 1.91 bits per heavy atom. The summed E-state index contributed by atoms with van der Waals surface area (Å²) in [6.45, 7) is 0.877. The van der Waals surface area contributed by atoms with Crippen LogP contribution in [0.15, 0.2) is 54.7 Å². The Kier molecular flexibility index (Phi) is 7.11. The lowest BCUT2D eigenvalue weighted by Crippen LogP contribution is -2.38. The number of carbonyl (C=O) groups excluding carboxylic acids is 2. The molecular formula is C24H23ClN6O4. The first-order chi connectivity index (χ1) is 16.8. The Hall–Kier alpha value is -4.18. The Morgan fingerprint density at radius 1 is 1.14 bits per heavy atom. The predicted octanol–water partition coefficient (Wildman–Crippen LogP) is 2.79. The van der Waals surface area contributed by atoms with Gasteiger partial charge in [0, 0.05) is 41.8 Å². The van der Waals surface area contributed by atoms with Gasteiger partial charge < -0.3 is 26.4 Å². The highest BCUT2D eigenvalue weighted by molar-refractivity contribution is 6.30. The summed E-state index contributed by atoms with van der Waals surface area (Å²) in [5.74, 6) is -0.852. The lowest BCUT2D eigenvalue weighted by Gasteiger charge is -2.14. The van der Waals surface area contributed by atoms with E-state index < -0.39 is 12.0 Å². The molecule has 0 bridgehead atoms. The number of anilines is 1. The van der Waals surface area contributed by atoms with E-state index >= 15 is 0 Å². The van der Waals surface area contributed by atoms with Crippen LogP contribution in [0.3, 0.4) is 0 Å². The number of nitrogen functional groups attached to an aromatic ring is 1. The van der Waals surface area contributed by atoms with Gasteiger partial charge in [-0.3, -0.25) is 9.59 Å². The molecule has 0 radical (unpaired) electrons. The zero-order chi connectivity index (χ0) is 24.9. The number of carboxylic acid groups (broad SMARTS) is 1. The number of carbonyl (C=O) groups is 3. The summed E-state index contributed by atoms with van der Waals surface area (Å²) in [5, 5.41) is 15.3. The van der Waals surface area contributed by atoms with Crippen molar-refractivity contribution in [1.29, 1.82) is 0 Å². The van der Waals surface area contributed by atoms with Gasteiger partial charge in [0.25, 0.3) is 11.8 Å². The second kappa shape index (κ2) is 10.4. The Balaban J connectivity index is 1.46. The highest BCUT2D eigenvalue weighted by atomic mass is 35.5. The first-order valence-corrected chi connectivity index (χ1v) is 11.2. The zero-order valence-corrected chi connectivity index (χ0v) is 19.3. The molecule has 1 aliphatic rings. The van der Waals surface area contributed by atoms with Crippen LogP contribution in [-0.4, -0.2) is 57.0 Å². The van der Waals surface area contributed by atoms with Gasteiger partial charge in [-0.05, 0) is 36.2 Å². The van der Waals surface area contributed by atoms with Crippen molar-refractivity contribution in [1.82, 2.24) is 25.5 Å². The van der Waals surface area contributed by atoms with Crippen molar-refractivity contribution in [2.24, 2.45) is 0 Å². The van der Waals surface area contributed by atoms with Crippen LogP contribution < -0.4 is 16.4 Å². The van der Waals surface area contributed by atoms with Crippen molar-refractivity contribution in [2.45, 2.75) is 19.0 Å². The van der Waals surface area contributed by atoms with Gasteiger partial charge in [0.1, 0.15) is 0 Å². The Labute approximate surface area is 206 Å². The largest absolute Gasteiger partial charge is 0.465 e. The molecule has 2 aromatic carbocycles. The number of hydrogen-bond donors (Lipinski definition) is 4. The van der Waals surface area contributed by atoms with Crippen molar-refractivity contribution in [3.8, 4) is 11.3 Å². The summed E-state index contributed by atoms with van der Waals surface area (Å²) in [6.07, 6.45) is 0.900. The van der Waals surface area contributed by atoms with E-state index in [0.717, 1.165) is 5.56 Å². The number of amides is 3. The van der Waals surface area contributed by atoms with Gasteiger partial charge in [-0.2, -0.15) is 0 Å². The Bertz CT molecular complexity index is 1270. The van der Waals surface area contributed by atoms with Gasteiger partial charge in [-0.1, -0.05) is 35.9 Å². The minimum absolute atomic E-state index is 0.0452. The average molecular weight is 495 g/mol. The number of rotatable bonds is 6. The molecule has 0 aliphatic carbocycles. The first-order valence-electron chi connectivity index (χ1n) is 10.8. The molecule has 1 atom stereocenters. The zero-order valence-electron chi connectivity index (χ0n) is 18.6. The second-order valence-electron chi connectivity index (χ2n) is 8.07. The molecule has 0 unspecified atom stereocenters. The van der Waals surface area contributed by atoms with Crippen molar-refractivity contribution in [2.75, 3.05) is 18.8 Å². The maximum absolute atomic E-state index is 12.8. The number of nitrogens with zero attached hydrogens (tertiary/aromatic N) is 3. The standard InChI is InChI=1S/C24H23ClN6O4/c25-17-6-4-14(5-7-17)11-28-22(32)16-3-1-2-15(10-16)19-12-27-21(26)20(30-19)23(33)29-18-8-9-31(13-18)24(34)35/h1-7,10,12,18H,8-9,11,13H2,(H2,26,27)(H,28,32)(H,29,33)(H,34,35)/t18-/m0/s1. The Morgan fingerprint density at radius 3 is 2.63 bits per heavy atom. The van der Waals surface area contributed by atoms with Crippen LogP contribution in [0.4, 0.5) is 10.6 Å². The summed E-state index contributed by atoms with van der Waals surface area (Å²) in [7, 11) is 0. The van der Waals surface area contributed by atoms with Crippen LogP contribution in [-0.2, 0) is 6.54 Å². The van der Waals surface area contributed by atoms with Crippen LogP contribution in [0.5, 0.6) is 0 Å². The third-order valence-electron chi connectivity index (χ3n) is 5.60. The molecule has 5 N–H and O–H groups in total. The monoisotopic (exact) mass is 494 g/mol. The number of hydrogen-bond acceptors (Lipinski definition) is 6. The van der Waals surface area contributed by atoms with Crippen LogP contribution >= 0.6 is 11.6 Å². The molecule has 0 saturated carbocycles. The van der Waals surface area contributed by atoms with Crippen LogP contribution in [0.25, 0.3) is 11.3 Å². The maximum atomic E-state index is 12.8. The number of nitrogens with one attached hydrogen (secondary N) is 2. The smallest absolute Gasteiger partial charge is 0.407 e. The third kappa shape index (κ3) is 5.85. The SMILES string of the molecule is Nc1ncc(-c2cccc(C(=O)NCc3ccc(Cl)cc3)c2)nc1C(=O)N[C@H]1CCN(C(=O)O)C1. The number of likely N-dealkylation sites (tertiary alicyclic amines) is 1. The molecule has 2 heterocycles. The fourth-order valence-electron chi connectivity index (χ4n) is 3.72. The molecule has 11 heteroatoms. The van der Waals surface area contributed by atoms with Crippen molar-refractivity contribution in [3.05, 3.63) is 76.6 Å². The maximum Gasteiger partial charge on any atom is 0.407 e. The van der Waals surface area contributed by atoms with Crippen LogP contribution in [0.1, 0.15) is 32.8 Å². The molecule has 180 valence electrons. The third-order valence-corrected chi connectivity index (χ3v) is 5.85. The lowest BCUT2D eigenvalue weighted by atomic mass is 10.1. The molecule has 10 nitrogen and oxygen atoms in total. The summed E-state index contributed by atoms with van der Waals surface area (Å²) < 4.78 is 0. The van der Waals surface area contributed by atoms with E-state index in [1.807, 2.05) is 12.1 Å². The molecule has 3 aromatic rings. The van der Waals surface area contributed by atoms with Gasteiger partial charge >= 0.3 is 6.09 Å². The fourth-order valence-corrected chi connectivity index (χ4v) is 3.84. The van der Waals surface area contributed by atoms with E-state index in [1.54, 1.807) is 36.4 Å². The molecule has 0 spiro atoms. The summed E-state index contributed by atoms with van der Waals surface area (Å²) in [6, 6.07) is 13.6. The lowest BCUT2D eigenvalue weighted by molar-refractivity contribution is 0.0928. The normalized spacial score (nSPS) is 15.0. The molecule has 1 fully saturated rings. The number of benzene rings is 2. The highest BCUT2D eigenvalue weighted by Crippen LogP contribution is 2.21. The van der Waals surface area contributed by atoms with Gasteiger partial charge in [0.05, 0.1) is 11.9 Å². The topological polar surface area (TPSA) is 151 Å². The molecule has 35 heavy (non-hydrogen) atoms. The number of halogens is 1. The van der Waals surface area contributed by atoms with Crippen molar-refractivity contribution in [3.63, 3.8) is 0 Å². The quantitative estimate of drug-likeness (QED) is 0.411. The van der Waals surface area contributed by atoms with E-state index in [1.165, 1.54) is 11.1 Å². The molecule has 1 saturated heterocycles. The van der Waals surface area contributed by atoms with Gasteiger partial charge in [-0.25, -0.2) is 14.8 Å². The summed E-state index contributed by atoms with van der Waals surface area (Å²) >= 11 is 5.89. The van der Waals surface area contributed by atoms with E-state index in [-0.39, 0.29) is 30.0 Å². The minimum atomic E-state index is -1.03. The van der Waals surface area contributed by atoms with Gasteiger partial charge in [0.15, 0.2) is 11.5 Å². The van der Waals surface area contributed by atoms with Gasteiger partial charge in [-0.15, -0.1) is 0 Å². The molecule has 3 amide bonds. The average Bonchev–Trinajstić information content (AvgIpc) is 3.32. The summed E-state index contributed by atoms with van der Waals surface area (Å²) in [5.41, 5.74) is 8.11. The van der Waals surface area contributed by atoms with E-state index in [2.05, 4.69) is 20.6 Å².